The molecule has 0 radical (unpaired) electrons. The van der Waals surface area contributed by atoms with Crippen LogP contribution in [0.15, 0.2) is 24.3 Å². The summed E-state index contributed by atoms with van der Waals surface area (Å²) in [7, 11) is 0. The molecule has 0 bridgehead atoms. The summed E-state index contributed by atoms with van der Waals surface area (Å²) in [6, 6.07) is 7.44. The summed E-state index contributed by atoms with van der Waals surface area (Å²) in [6.45, 7) is 2.79. The first kappa shape index (κ1) is 14.2. The highest BCUT2D eigenvalue weighted by molar-refractivity contribution is 7.99. The Balaban J connectivity index is 1.99. The van der Waals surface area contributed by atoms with Gasteiger partial charge in [-0.3, -0.25) is 10.1 Å². The molecule has 0 saturated carbocycles. The molecule has 1 saturated heterocycles. The molecule has 19 heavy (non-hydrogen) atoms. The molecule has 0 amide bonds. The van der Waals surface area contributed by atoms with E-state index in [-0.39, 0.29) is 5.37 Å². The molecule has 1 aromatic rings. The molecule has 0 spiro atoms. The van der Waals surface area contributed by atoms with Gasteiger partial charge in [0.05, 0.1) is 12.0 Å². The number of rotatable bonds is 5. The highest BCUT2D eigenvalue weighted by Gasteiger charge is 2.27. The fourth-order valence-electron chi connectivity index (χ4n) is 1.96. The van der Waals surface area contributed by atoms with E-state index in [1.807, 2.05) is 24.3 Å². The van der Waals surface area contributed by atoms with Crippen LogP contribution < -0.4 is 10.1 Å². The molecule has 0 aliphatic carbocycles. The second kappa shape index (κ2) is 6.82. The molecule has 2 N–H and O–H groups in total. The minimum atomic E-state index is -0.770. The Morgan fingerprint density at radius 3 is 2.84 bits per heavy atom. The first-order valence-electron chi connectivity index (χ1n) is 6.54. The average molecular weight is 281 g/mol. The van der Waals surface area contributed by atoms with Crippen molar-refractivity contribution in [2.75, 3.05) is 12.4 Å². The van der Waals surface area contributed by atoms with Gasteiger partial charge in [0.2, 0.25) is 0 Å². The lowest BCUT2D eigenvalue weighted by Crippen LogP contribution is -2.41. The summed E-state index contributed by atoms with van der Waals surface area (Å²) in [5, 5.41) is 12.3. The van der Waals surface area contributed by atoms with Gasteiger partial charge in [0.1, 0.15) is 11.8 Å². The fourth-order valence-corrected chi connectivity index (χ4v) is 3.18. The SMILES string of the molecule is CCCOc1ccc(C2NC(C(=O)O)CCS2)cc1. The van der Waals surface area contributed by atoms with E-state index in [0.29, 0.717) is 6.42 Å². The van der Waals surface area contributed by atoms with Crippen LogP contribution in [-0.4, -0.2) is 29.5 Å². The van der Waals surface area contributed by atoms with Crippen LogP contribution in [0, 0.1) is 0 Å². The highest BCUT2D eigenvalue weighted by atomic mass is 32.2. The Bertz CT molecular complexity index is 421. The van der Waals surface area contributed by atoms with E-state index in [1.54, 1.807) is 11.8 Å². The zero-order chi connectivity index (χ0) is 13.7. The Labute approximate surface area is 117 Å². The number of benzene rings is 1. The number of hydrogen-bond donors (Lipinski definition) is 2. The maximum Gasteiger partial charge on any atom is 0.320 e. The zero-order valence-electron chi connectivity index (χ0n) is 11.0. The summed E-state index contributed by atoms with van der Waals surface area (Å²) < 4.78 is 5.54. The number of hydrogen-bond acceptors (Lipinski definition) is 4. The third kappa shape index (κ3) is 3.88. The number of aliphatic carboxylic acids is 1. The number of carboxylic acids is 1. The molecular weight excluding hydrogens is 262 g/mol. The summed E-state index contributed by atoms with van der Waals surface area (Å²) in [6.07, 6.45) is 1.66. The second-order valence-electron chi connectivity index (χ2n) is 4.51. The van der Waals surface area contributed by atoms with Crippen LogP contribution in [0.2, 0.25) is 0 Å². The first-order chi connectivity index (χ1) is 9.20. The second-order valence-corrected chi connectivity index (χ2v) is 5.73. The van der Waals surface area contributed by atoms with E-state index in [1.165, 1.54) is 0 Å². The fraction of sp³-hybridized carbons (Fsp3) is 0.500. The first-order valence-corrected chi connectivity index (χ1v) is 7.59. The molecule has 1 aliphatic rings. The number of thioether (sulfide) groups is 1. The number of nitrogens with one attached hydrogen (secondary N) is 1. The van der Waals surface area contributed by atoms with Gasteiger partial charge in [-0.2, -0.15) is 0 Å². The van der Waals surface area contributed by atoms with Gasteiger partial charge in [0.25, 0.3) is 0 Å². The van der Waals surface area contributed by atoms with Crippen LogP contribution in [-0.2, 0) is 4.79 Å². The molecule has 1 aliphatic heterocycles. The van der Waals surface area contributed by atoms with Crippen molar-refractivity contribution in [1.82, 2.24) is 5.32 Å². The van der Waals surface area contributed by atoms with Gasteiger partial charge in [-0.1, -0.05) is 19.1 Å². The predicted molar refractivity (Wildman–Crippen MR) is 76.6 cm³/mol. The molecular formula is C14H19NO3S. The Kier molecular flexibility index (Phi) is 5.10. The molecule has 2 unspecified atom stereocenters. The smallest absolute Gasteiger partial charge is 0.320 e. The van der Waals surface area contributed by atoms with Crippen LogP contribution in [0.5, 0.6) is 5.75 Å². The third-order valence-corrected chi connectivity index (χ3v) is 4.21. The van der Waals surface area contributed by atoms with E-state index in [0.717, 1.165) is 30.1 Å². The molecule has 1 fully saturated rings. The normalized spacial score (nSPS) is 23.0. The molecule has 2 rings (SSSR count). The van der Waals surface area contributed by atoms with Gasteiger partial charge in [0, 0.05) is 0 Å². The summed E-state index contributed by atoms with van der Waals surface area (Å²) in [5.74, 6) is 0.956. The van der Waals surface area contributed by atoms with E-state index >= 15 is 0 Å². The van der Waals surface area contributed by atoms with Gasteiger partial charge in [0.15, 0.2) is 0 Å². The van der Waals surface area contributed by atoms with Crippen molar-refractivity contribution < 1.29 is 14.6 Å². The van der Waals surface area contributed by atoms with E-state index in [2.05, 4.69) is 12.2 Å². The third-order valence-electron chi connectivity index (χ3n) is 3.00. The van der Waals surface area contributed by atoms with E-state index in [9.17, 15) is 4.79 Å². The van der Waals surface area contributed by atoms with Crippen molar-refractivity contribution in [3.63, 3.8) is 0 Å². The Morgan fingerprint density at radius 1 is 1.47 bits per heavy atom. The van der Waals surface area contributed by atoms with Crippen LogP contribution in [0.4, 0.5) is 0 Å². The number of ether oxygens (including phenoxy) is 1. The predicted octanol–water partition coefficient (Wildman–Crippen LogP) is 2.65. The Hall–Kier alpha value is -1.20. The molecule has 2 atom stereocenters. The van der Waals surface area contributed by atoms with Crippen LogP contribution in [0.1, 0.15) is 30.7 Å². The lowest BCUT2D eigenvalue weighted by atomic mass is 10.1. The number of carboxylic acid groups (broad SMARTS) is 1. The summed E-state index contributed by atoms with van der Waals surface area (Å²) >= 11 is 1.75. The van der Waals surface area contributed by atoms with Crippen molar-refractivity contribution in [3.8, 4) is 5.75 Å². The zero-order valence-corrected chi connectivity index (χ0v) is 11.8. The minimum absolute atomic E-state index is 0.0510. The molecule has 0 aromatic heterocycles. The minimum Gasteiger partial charge on any atom is -0.494 e. The van der Waals surface area contributed by atoms with E-state index in [4.69, 9.17) is 9.84 Å². The van der Waals surface area contributed by atoms with Crippen LogP contribution in [0.25, 0.3) is 0 Å². The monoisotopic (exact) mass is 281 g/mol. The standard InChI is InChI=1S/C14H19NO3S/c1-2-8-18-11-5-3-10(4-6-11)13-15-12(14(16)17)7-9-19-13/h3-6,12-13,15H,2,7-9H2,1H3,(H,16,17). The van der Waals surface area contributed by atoms with Crippen molar-refractivity contribution in [2.24, 2.45) is 0 Å². The average Bonchev–Trinajstić information content (AvgIpc) is 2.46. The van der Waals surface area contributed by atoms with Gasteiger partial charge in [-0.25, -0.2) is 0 Å². The molecule has 104 valence electrons. The van der Waals surface area contributed by atoms with Crippen LogP contribution >= 0.6 is 11.8 Å². The summed E-state index contributed by atoms with van der Waals surface area (Å²) in [5.41, 5.74) is 1.10. The molecule has 1 heterocycles. The van der Waals surface area contributed by atoms with Gasteiger partial charge < -0.3 is 9.84 Å². The molecule has 1 aromatic carbocycles. The van der Waals surface area contributed by atoms with Crippen molar-refractivity contribution >= 4 is 17.7 Å². The molecule has 4 nitrogen and oxygen atoms in total. The quantitative estimate of drug-likeness (QED) is 0.869. The lowest BCUT2D eigenvalue weighted by molar-refractivity contribution is -0.139. The molecule has 5 heteroatoms. The lowest BCUT2D eigenvalue weighted by Gasteiger charge is -2.28. The Morgan fingerprint density at radius 2 is 2.21 bits per heavy atom. The maximum absolute atomic E-state index is 11.0. The van der Waals surface area contributed by atoms with Crippen molar-refractivity contribution in [3.05, 3.63) is 29.8 Å². The van der Waals surface area contributed by atoms with Gasteiger partial charge >= 0.3 is 5.97 Å². The van der Waals surface area contributed by atoms with Crippen molar-refractivity contribution in [2.45, 2.75) is 31.2 Å². The van der Waals surface area contributed by atoms with Gasteiger partial charge in [-0.15, -0.1) is 11.8 Å². The topological polar surface area (TPSA) is 58.6 Å². The van der Waals surface area contributed by atoms with Crippen LogP contribution in [0.3, 0.4) is 0 Å². The van der Waals surface area contributed by atoms with Crippen molar-refractivity contribution in [1.29, 1.82) is 0 Å². The number of carbonyl (C=O) groups is 1. The summed E-state index contributed by atoms with van der Waals surface area (Å²) in [4.78, 5) is 11.0. The maximum atomic E-state index is 11.0. The largest absolute Gasteiger partial charge is 0.494 e. The van der Waals surface area contributed by atoms with Gasteiger partial charge in [-0.05, 0) is 36.3 Å². The highest BCUT2D eigenvalue weighted by Crippen LogP contribution is 2.32. The van der Waals surface area contributed by atoms with E-state index < -0.39 is 12.0 Å².